The molecule has 0 aromatic heterocycles. The maximum atomic E-state index is 11.0. The van der Waals surface area contributed by atoms with Crippen molar-refractivity contribution in [2.24, 2.45) is 0 Å². The largest absolute Gasteiger partial charge is 0.447 e. The first-order valence-corrected chi connectivity index (χ1v) is 5.25. The molecular formula is C13H11NO2. The summed E-state index contributed by atoms with van der Waals surface area (Å²) in [5.74, 6) is 0. The molecule has 1 aliphatic rings. The van der Waals surface area contributed by atoms with Gasteiger partial charge in [-0.15, -0.1) is 0 Å². The molecule has 0 saturated carbocycles. The molecule has 0 radical (unpaired) electrons. The lowest BCUT2D eigenvalue weighted by Gasteiger charge is -2.10. The van der Waals surface area contributed by atoms with Crippen LogP contribution in [-0.4, -0.2) is 12.7 Å². The third kappa shape index (κ3) is 1.41. The van der Waals surface area contributed by atoms with E-state index < -0.39 is 0 Å². The first kappa shape index (κ1) is 9.21. The van der Waals surface area contributed by atoms with Crippen molar-refractivity contribution in [3.05, 3.63) is 48.0 Å². The van der Waals surface area contributed by atoms with Gasteiger partial charge < -0.3 is 10.1 Å². The van der Waals surface area contributed by atoms with Crippen LogP contribution in [0.3, 0.4) is 0 Å². The van der Waals surface area contributed by atoms with Crippen LogP contribution in [-0.2, 0) is 4.74 Å². The molecule has 0 aliphatic carbocycles. The molecule has 16 heavy (non-hydrogen) atoms. The van der Waals surface area contributed by atoms with Crippen molar-refractivity contribution in [1.82, 2.24) is 5.32 Å². The van der Waals surface area contributed by atoms with Crippen molar-refractivity contribution in [1.29, 1.82) is 0 Å². The van der Waals surface area contributed by atoms with E-state index in [1.165, 1.54) is 10.8 Å². The standard InChI is InChI=1S/C13H11NO2/c15-13-14-12(8-16-13)11-7-3-5-9-4-1-2-6-10(9)11/h1-7,12H,8H2,(H,14,15)/t12-/m1/s1. The van der Waals surface area contributed by atoms with Crippen molar-refractivity contribution < 1.29 is 9.53 Å². The summed E-state index contributed by atoms with van der Waals surface area (Å²) in [6, 6.07) is 14.2. The van der Waals surface area contributed by atoms with Crippen molar-refractivity contribution in [2.45, 2.75) is 6.04 Å². The van der Waals surface area contributed by atoms with Crippen LogP contribution in [0.2, 0.25) is 0 Å². The first-order valence-electron chi connectivity index (χ1n) is 5.25. The Morgan fingerprint density at radius 1 is 1.12 bits per heavy atom. The lowest BCUT2D eigenvalue weighted by molar-refractivity contribution is 0.177. The van der Waals surface area contributed by atoms with Gasteiger partial charge in [0.05, 0.1) is 6.04 Å². The maximum Gasteiger partial charge on any atom is 0.407 e. The number of fused-ring (bicyclic) bond motifs is 1. The molecule has 1 fully saturated rings. The Kier molecular flexibility index (Phi) is 2.03. The quantitative estimate of drug-likeness (QED) is 0.790. The van der Waals surface area contributed by atoms with Crippen LogP contribution in [0.5, 0.6) is 0 Å². The number of hydrogen-bond acceptors (Lipinski definition) is 2. The zero-order chi connectivity index (χ0) is 11.0. The highest BCUT2D eigenvalue weighted by Crippen LogP contribution is 2.26. The van der Waals surface area contributed by atoms with Crippen LogP contribution < -0.4 is 5.32 Å². The number of amides is 1. The number of nitrogens with one attached hydrogen (secondary N) is 1. The van der Waals surface area contributed by atoms with Crippen molar-refractivity contribution in [3.8, 4) is 0 Å². The average Bonchev–Trinajstić information content (AvgIpc) is 2.75. The third-order valence-corrected chi connectivity index (χ3v) is 2.87. The van der Waals surface area contributed by atoms with E-state index in [9.17, 15) is 4.79 Å². The number of hydrogen-bond donors (Lipinski definition) is 1. The van der Waals surface area contributed by atoms with Gasteiger partial charge in [0.15, 0.2) is 0 Å². The van der Waals surface area contributed by atoms with Gasteiger partial charge in [-0.25, -0.2) is 4.79 Å². The number of cyclic esters (lactones) is 1. The Bertz CT molecular complexity index is 545. The van der Waals surface area contributed by atoms with Crippen molar-refractivity contribution in [3.63, 3.8) is 0 Å². The number of benzene rings is 2. The SMILES string of the molecule is O=C1N[C@@H](c2cccc3ccccc23)CO1. The number of carbonyl (C=O) groups is 1. The fourth-order valence-electron chi connectivity index (χ4n) is 2.11. The Morgan fingerprint density at radius 3 is 2.75 bits per heavy atom. The topological polar surface area (TPSA) is 38.3 Å². The lowest BCUT2D eigenvalue weighted by atomic mass is 9.99. The Morgan fingerprint density at radius 2 is 1.94 bits per heavy atom. The van der Waals surface area contributed by atoms with E-state index in [1.807, 2.05) is 24.3 Å². The van der Waals surface area contributed by atoms with Gasteiger partial charge in [-0.05, 0) is 16.3 Å². The van der Waals surface area contributed by atoms with Gasteiger partial charge in [-0.3, -0.25) is 0 Å². The maximum absolute atomic E-state index is 11.0. The van der Waals surface area contributed by atoms with Crippen LogP contribution in [0, 0.1) is 0 Å². The molecule has 0 unspecified atom stereocenters. The fourth-order valence-corrected chi connectivity index (χ4v) is 2.11. The highest BCUT2D eigenvalue weighted by atomic mass is 16.6. The minimum atomic E-state index is -0.335. The summed E-state index contributed by atoms with van der Waals surface area (Å²) in [5.41, 5.74) is 1.11. The van der Waals surface area contributed by atoms with E-state index in [0.29, 0.717) is 6.61 Å². The van der Waals surface area contributed by atoms with Gasteiger partial charge in [0.1, 0.15) is 6.61 Å². The Labute approximate surface area is 93.0 Å². The van der Waals surface area contributed by atoms with Gasteiger partial charge in [0, 0.05) is 0 Å². The van der Waals surface area contributed by atoms with Gasteiger partial charge in [0.2, 0.25) is 0 Å². The summed E-state index contributed by atoms with van der Waals surface area (Å²) in [7, 11) is 0. The fraction of sp³-hybridized carbons (Fsp3) is 0.154. The normalized spacial score (nSPS) is 19.5. The molecule has 1 heterocycles. The molecule has 1 aliphatic heterocycles. The summed E-state index contributed by atoms with van der Waals surface area (Å²) < 4.78 is 4.92. The highest BCUT2D eigenvalue weighted by Gasteiger charge is 2.24. The van der Waals surface area contributed by atoms with Gasteiger partial charge in [-0.2, -0.15) is 0 Å². The van der Waals surface area contributed by atoms with Crippen molar-refractivity contribution >= 4 is 16.9 Å². The molecule has 0 spiro atoms. The molecule has 1 amide bonds. The van der Waals surface area contributed by atoms with E-state index in [1.54, 1.807) is 0 Å². The van der Waals surface area contributed by atoms with E-state index >= 15 is 0 Å². The van der Waals surface area contributed by atoms with Gasteiger partial charge in [-0.1, -0.05) is 42.5 Å². The minimum absolute atomic E-state index is 0.0291. The summed E-state index contributed by atoms with van der Waals surface area (Å²) in [4.78, 5) is 11.0. The monoisotopic (exact) mass is 213 g/mol. The van der Waals surface area contributed by atoms with Crippen LogP contribution >= 0.6 is 0 Å². The summed E-state index contributed by atoms with van der Waals surface area (Å²) in [5, 5.41) is 5.15. The predicted octanol–water partition coefficient (Wildman–Crippen LogP) is 2.62. The average molecular weight is 213 g/mol. The Balaban J connectivity index is 2.13. The first-order chi connectivity index (χ1) is 7.84. The van der Waals surface area contributed by atoms with Crippen LogP contribution in [0.1, 0.15) is 11.6 Å². The van der Waals surface area contributed by atoms with Gasteiger partial charge in [0.25, 0.3) is 0 Å². The second kappa shape index (κ2) is 3.52. The second-order valence-corrected chi connectivity index (χ2v) is 3.86. The second-order valence-electron chi connectivity index (χ2n) is 3.86. The molecule has 0 bridgehead atoms. The molecule has 3 nitrogen and oxygen atoms in total. The summed E-state index contributed by atoms with van der Waals surface area (Å²) in [6.45, 7) is 0.410. The molecule has 2 aromatic carbocycles. The highest BCUT2D eigenvalue weighted by molar-refractivity contribution is 5.86. The lowest BCUT2D eigenvalue weighted by Crippen LogP contribution is -2.18. The molecule has 1 saturated heterocycles. The number of ether oxygens (including phenoxy) is 1. The summed E-state index contributed by atoms with van der Waals surface area (Å²) in [6.07, 6.45) is -0.335. The summed E-state index contributed by atoms with van der Waals surface area (Å²) >= 11 is 0. The third-order valence-electron chi connectivity index (χ3n) is 2.87. The number of rotatable bonds is 1. The zero-order valence-corrected chi connectivity index (χ0v) is 8.64. The molecule has 1 N–H and O–H groups in total. The molecule has 2 aromatic rings. The van der Waals surface area contributed by atoms with E-state index in [2.05, 4.69) is 23.5 Å². The van der Waals surface area contributed by atoms with E-state index in [-0.39, 0.29) is 12.1 Å². The molecular weight excluding hydrogens is 202 g/mol. The zero-order valence-electron chi connectivity index (χ0n) is 8.64. The van der Waals surface area contributed by atoms with E-state index in [4.69, 9.17) is 4.74 Å². The molecule has 1 atom stereocenters. The number of carbonyl (C=O) groups excluding carboxylic acids is 1. The van der Waals surface area contributed by atoms with Crippen molar-refractivity contribution in [2.75, 3.05) is 6.61 Å². The smallest absolute Gasteiger partial charge is 0.407 e. The Hall–Kier alpha value is -2.03. The minimum Gasteiger partial charge on any atom is -0.447 e. The molecule has 80 valence electrons. The van der Waals surface area contributed by atoms with Crippen LogP contribution in [0.15, 0.2) is 42.5 Å². The van der Waals surface area contributed by atoms with E-state index in [0.717, 1.165) is 5.56 Å². The number of alkyl carbamates (subject to hydrolysis) is 1. The molecule has 3 rings (SSSR count). The van der Waals surface area contributed by atoms with Gasteiger partial charge >= 0.3 is 6.09 Å². The van der Waals surface area contributed by atoms with Crippen LogP contribution in [0.25, 0.3) is 10.8 Å². The van der Waals surface area contributed by atoms with Crippen LogP contribution in [0.4, 0.5) is 4.79 Å². The molecule has 3 heteroatoms. The predicted molar refractivity (Wildman–Crippen MR) is 61.2 cm³/mol.